The predicted octanol–water partition coefficient (Wildman–Crippen LogP) is 4.40. The lowest BCUT2D eigenvalue weighted by Gasteiger charge is -2.42. The van der Waals surface area contributed by atoms with Gasteiger partial charge in [0.2, 0.25) is 0 Å². The number of furan rings is 1. The number of carbonyl (C=O) groups excluding carboxylic acids is 2. The minimum absolute atomic E-state index is 0.241. The monoisotopic (exact) mass is 441 g/mol. The standard InChI is InChI=1S/C22H24ClN5O3/c23-15-11-14-12-16(20(29)25-7-4-9-28-10-8-24-13-28)31-19(14)17-18(15)26-21(30)27-22(17)5-2-1-3-6-22/h8,10-13H,1-7,9H2,(H,25,29)(H2,26,27,30). The fourth-order valence-corrected chi connectivity index (χ4v) is 5.02. The number of nitrogens with zero attached hydrogens (tertiary/aromatic N) is 2. The minimum Gasteiger partial charge on any atom is -0.450 e. The van der Waals surface area contributed by atoms with Gasteiger partial charge in [0.25, 0.3) is 5.91 Å². The Labute approximate surface area is 184 Å². The number of hydrogen-bond donors (Lipinski definition) is 3. The normalized spacial score (nSPS) is 17.3. The molecule has 3 N–H and O–H groups in total. The second kappa shape index (κ2) is 7.92. The van der Waals surface area contributed by atoms with E-state index in [-0.39, 0.29) is 17.7 Å². The molecule has 0 radical (unpaired) electrons. The molecule has 8 nitrogen and oxygen atoms in total. The number of halogens is 1. The van der Waals surface area contributed by atoms with Crippen molar-refractivity contribution in [1.82, 2.24) is 20.2 Å². The van der Waals surface area contributed by atoms with Gasteiger partial charge in [0.15, 0.2) is 5.76 Å². The van der Waals surface area contributed by atoms with Gasteiger partial charge in [0, 0.05) is 36.4 Å². The van der Waals surface area contributed by atoms with E-state index in [9.17, 15) is 9.59 Å². The number of amides is 3. The van der Waals surface area contributed by atoms with Gasteiger partial charge in [-0.3, -0.25) is 4.79 Å². The number of nitrogens with one attached hydrogen (secondary N) is 3. The van der Waals surface area contributed by atoms with Crippen molar-refractivity contribution in [3.63, 3.8) is 0 Å². The first-order valence-corrected chi connectivity index (χ1v) is 11.0. The zero-order chi connectivity index (χ0) is 21.4. The van der Waals surface area contributed by atoms with Crippen LogP contribution < -0.4 is 16.0 Å². The molecule has 1 saturated carbocycles. The van der Waals surface area contributed by atoms with Gasteiger partial charge in [0.1, 0.15) is 5.58 Å². The Kier molecular flexibility index (Phi) is 5.09. The van der Waals surface area contributed by atoms with Gasteiger partial charge >= 0.3 is 6.03 Å². The topological polar surface area (TPSA) is 101 Å². The second-order valence-corrected chi connectivity index (χ2v) is 8.68. The smallest absolute Gasteiger partial charge is 0.319 e. The molecule has 1 aromatic carbocycles. The Hall–Kier alpha value is -3.00. The first-order valence-electron chi connectivity index (χ1n) is 10.7. The number of fused-ring (bicyclic) bond motifs is 4. The quantitative estimate of drug-likeness (QED) is 0.511. The number of rotatable bonds is 5. The number of imidazole rings is 1. The number of benzene rings is 1. The third kappa shape index (κ3) is 3.65. The molecule has 0 unspecified atom stereocenters. The average Bonchev–Trinajstić information content (AvgIpc) is 3.41. The SMILES string of the molecule is O=C1Nc2c(Cl)cc3cc(C(=O)NCCCn4ccnc4)oc3c2C2(CCCCC2)N1. The molecule has 31 heavy (non-hydrogen) atoms. The van der Waals surface area contributed by atoms with Gasteiger partial charge < -0.3 is 24.9 Å². The lowest BCUT2D eigenvalue weighted by atomic mass is 9.74. The van der Waals surface area contributed by atoms with Gasteiger partial charge in [-0.2, -0.15) is 0 Å². The summed E-state index contributed by atoms with van der Waals surface area (Å²) in [6.07, 6.45) is 11.0. The molecule has 3 aromatic rings. The number of carbonyl (C=O) groups is 2. The van der Waals surface area contributed by atoms with Crippen LogP contribution in [-0.4, -0.2) is 28.0 Å². The van der Waals surface area contributed by atoms with E-state index in [0.29, 0.717) is 22.8 Å². The van der Waals surface area contributed by atoms with Crippen LogP contribution in [0, 0.1) is 0 Å². The molecule has 2 aliphatic rings. The first-order chi connectivity index (χ1) is 15.1. The third-order valence-corrected chi connectivity index (χ3v) is 6.50. The molecule has 2 aromatic heterocycles. The molecule has 0 atom stereocenters. The second-order valence-electron chi connectivity index (χ2n) is 8.27. The molecule has 162 valence electrons. The summed E-state index contributed by atoms with van der Waals surface area (Å²) < 4.78 is 8.04. The average molecular weight is 442 g/mol. The van der Waals surface area contributed by atoms with Crippen LogP contribution in [0.25, 0.3) is 11.0 Å². The van der Waals surface area contributed by atoms with Crippen molar-refractivity contribution in [2.75, 3.05) is 11.9 Å². The minimum atomic E-state index is -0.518. The van der Waals surface area contributed by atoms with Gasteiger partial charge in [0.05, 0.1) is 22.6 Å². The number of aryl methyl sites for hydroxylation is 1. The largest absolute Gasteiger partial charge is 0.450 e. The van der Waals surface area contributed by atoms with E-state index < -0.39 is 5.54 Å². The van der Waals surface area contributed by atoms with E-state index in [1.807, 2.05) is 10.8 Å². The maximum absolute atomic E-state index is 12.7. The summed E-state index contributed by atoms with van der Waals surface area (Å²) in [5, 5.41) is 10.1. The molecule has 1 fully saturated rings. The molecule has 1 aliphatic heterocycles. The molecule has 0 bridgehead atoms. The summed E-state index contributed by atoms with van der Waals surface area (Å²) >= 11 is 6.54. The molecule has 1 spiro atoms. The summed E-state index contributed by atoms with van der Waals surface area (Å²) in [5.41, 5.74) is 1.53. The molecule has 1 aliphatic carbocycles. The highest BCUT2D eigenvalue weighted by atomic mass is 35.5. The van der Waals surface area contributed by atoms with E-state index in [2.05, 4.69) is 20.9 Å². The Morgan fingerprint density at radius 2 is 2.13 bits per heavy atom. The van der Waals surface area contributed by atoms with Crippen LogP contribution >= 0.6 is 11.6 Å². The molecular formula is C22H24ClN5O3. The number of hydrogen-bond acceptors (Lipinski definition) is 4. The van der Waals surface area contributed by atoms with Crippen molar-refractivity contribution < 1.29 is 14.0 Å². The van der Waals surface area contributed by atoms with Gasteiger partial charge in [-0.05, 0) is 31.4 Å². The third-order valence-electron chi connectivity index (χ3n) is 6.20. The van der Waals surface area contributed by atoms with Crippen molar-refractivity contribution in [2.24, 2.45) is 0 Å². The molecule has 0 saturated heterocycles. The van der Waals surface area contributed by atoms with Crippen LogP contribution in [0.4, 0.5) is 10.5 Å². The van der Waals surface area contributed by atoms with Crippen LogP contribution in [0.3, 0.4) is 0 Å². The van der Waals surface area contributed by atoms with Gasteiger partial charge in [-0.15, -0.1) is 0 Å². The summed E-state index contributed by atoms with van der Waals surface area (Å²) in [4.78, 5) is 29.1. The number of urea groups is 1. The maximum Gasteiger partial charge on any atom is 0.319 e. The van der Waals surface area contributed by atoms with Crippen LogP contribution in [0.5, 0.6) is 0 Å². The van der Waals surface area contributed by atoms with E-state index in [1.165, 1.54) is 0 Å². The lowest BCUT2D eigenvalue weighted by Crippen LogP contribution is -2.52. The molecule has 3 heterocycles. The zero-order valence-corrected chi connectivity index (χ0v) is 17.8. The fraction of sp³-hybridized carbons (Fsp3) is 0.409. The Balaban J connectivity index is 1.42. The van der Waals surface area contributed by atoms with Crippen LogP contribution in [0.1, 0.15) is 54.6 Å². The summed E-state index contributed by atoms with van der Waals surface area (Å²) in [6.45, 7) is 1.30. The van der Waals surface area contributed by atoms with Crippen molar-refractivity contribution in [2.45, 2.75) is 50.6 Å². The van der Waals surface area contributed by atoms with E-state index in [1.54, 1.807) is 24.7 Å². The molecule has 9 heteroatoms. The van der Waals surface area contributed by atoms with Crippen molar-refractivity contribution in [1.29, 1.82) is 0 Å². The van der Waals surface area contributed by atoms with Crippen molar-refractivity contribution in [3.05, 3.63) is 47.2 Å². The maximum atomic E-state index is 12.7. The summed E-state index contributed by atoms with van der Waals surface area (Å²) in [7, 11) is 0. The number of aromatic nitrogens is 2. The van der Waals surface area contributed by atoms with E-state index in [0.717, 1.165) is 56.0 Å². The molecule has 5 rings (SSSR count). The van der Waals surface area contributed by atoms with Gasteiger partial charge in [-0.25, -0.2) is 9.78 Å². The van der Waals surface area contributed by atoms with E-state index >= 15 is 0 Å². The molecular weight excluding hydrogens is 418 g/mol. The van der Waals surface area contributed by atoms with Crippen LogP contribution in [0.15, 0.2) is 35.3 Å². The fourth-order valence-electron chi connectivity index (χ4n) is 4.76. The predicted molar refractivity (Wildman–Crippen MR) is 117 cm³/mol. The van der Waals surface area contributed by atoms with Crippen molar-refractivity contribution in [3.8, 4) is 0 Å². The Bertz CT molecular complexity index is 1130. The summed E-state index contributed by atoms with van der Waals surface area (Å²) in [5.74, 6) is -0.0258. The van der Waals surface area contributed by atoms with Gasteiger partial charge in [-0.1, -0.05) is 30.9 Å². The van der Waals surface area contributed by atoms with E-state index in [4.69, 9.17) is 16.0 Å². The molecule has 3 amide bonds. The zero-order valence-electron chi connectivity index (χ0n) is 17.0. The highest BCUT2D eigenvalue weighted by Crippen LogP contribution is 2.48. The highest BCUT2D eigenvalue weighted by molar-refractivity contribution is 6.35. The first kappa shape index (κ1) is 19.9. The van der Waals surface area contributed by atoms with Crippen LogP contribution in [0.2, 0.25) is 5.02 Å². The summed E-state index contributed by atoms with van der Waals surface area (Å²) in [6, 6.07) is 3.22. The number of anilines is 1. The van der Waals surface area contributed by atoms with Crippen molar-refractivity contribution >= 4 is 40.2 Å². The lowest BCUT2D eigenvalue weighted by molar-refractivity contribution is 0.0926. The highest BCUT2D eigenvalue weighted by Gasteiger charge is 2.43. The Morgan fingerprint density at radius 3 is 2.90 bits per heavy atom. The Morgan fingerprint density at radius 1 is 1.29 bits per heavy atom. The van der Waals surface area contributed by atoms with Crippen LogP contribution in [-0.2, 0) is 12.1 Å².